The Morgan fingerprint density at radius 3 is 2.62 bits per heavy atom. The molecule has 1 aromatic heterocycles. The molecule has 6 nitrogen and oxygen atoms in total. The Kier molecular flexibility index (Phi) is 5.02. The maximum absolute atomic E-state index is 13.7. The van der Waals surface area contributed by atoms with E-state index in [1.807, 2.05) is 12.1 Å². The first-order valence-corrected chi connectivity index (χ1v) is 7.55. The Hall–Kier alpha value is -3.55. The number of ether oxygens (including phenoxy) is 1. The van der Waals surface area contributed by atoms with Gasteiger partial charge in [0.15, 0.2) is 0 Å². The molecule has 3 rings (SSSR count). The SMILES string of the molecule is COc1ccccc1Nc1cc(C(=O)Nc2ccc(F)cc2F)ncn1. The van der Waals surface area contributed by atoms with E-state index in [2.05, 4.69) is 20.6 Å². The third-order valence-electron chi connectivity index (χ3n) is 3.45. The quantitative estimate of drug-likeness (QED) is 0.728. The van der Waals surface area contributed by atoms with Gasteiger partial charge in [0, 0.05) is 12.1 Å². The van der Waals surface area contributed by atoms with Crippen molar-refractivity contribution in [1.29, 1.82) is 0 Å². The summed E-state index contributed by atoms with van der Waals surface area (Å²) in [6, 6.07) is 11.5. The predicted octanol–water partition coefficient (Wildman–Crippen LogP) is 3.76. The lowest BCUT2D eigenvalue weighted by Gasteiger charge is -2.11. The summed E-state index contributed by atoms with van der Waals surface area (Å²) in [6.45, 7) is 0. The van der Waals surface area contributed by atoms with Crippen LogP contribution in [0.15, 0.2) is 54.9 Å². The van der Waals surface area contributed by atoms with Crippen LogP contribution in [0.1, 0.15) is 10.5 Å². The Bertz CT molecular complexity index is 950. The van der Waals surface area contributed by atoms with E-state index in [0.717, 1.165) is 12.1 Å². The summed E-state index contributed by atoms with van der Waals surface area (Å²) >= 11 is 0. The number of aromatic nitrogens is 2. The van der Waals surface area contributed by atoms with E-state index in [-0.39, 0.29) is 11.4 Å². The molecule has 3 aromatic rings. The van der Waals surface area contributed by atoms with Crippen molar-refractivity contribution in [3.63, 3.8) is 0 Å². The van der Waals surface area contributed by atoms with Crippen LogP contribution < -0.4 is 15.4 Å². The summed E-state index contributed by atoms with van der Waals surface area (Å²) < 4.78 is 31.8. The molecule has 0 spiro atoms. The number of methoxy groups -OCH3 is 1. The van der Waals surface area contributed by atoms with Gasteiger partial charge >= 0.3 is 0 Å². The highest BCUT2D eigenvalue weighted by atomic mass is 19.1. The molecule has 26 heavy (non-hydrogen) atoms. The number of nitrogens with zero attached hydrogens (tertiary/aromatic N) is 2. The van der Waals surface area contributed by atoms with E-state index in [9.17, 15) is 13.6 Å². The van der Waals surface area contributed by atoms with Crippen LogP contribution in [-0.4, -0.2) is 23.0 Å². The van der Waals surface area contributed by atoms with Gasteiger partial charge in [-0.25, -0.2) is 18.7 Å². The Morgan fingerprint density at radius 1 is 1.04 bits per heavy atom. The summed E-state index contributed by atoms with van der Waals surface area (Å²) in [5.41, 5.74) is 0.528. The van der Waals surface area contributed by atoms with Gasteiger partial charge in [-0.3, -0.25) is 4.79 Å². The number of para-hydroxylation sites is 2. The normalized spacial score (nSPS) is 10.3. The molecule has 0 aliphatic carbocycles. The van der Waals surface area contributed by atoms with Crippen molar-refractivity contribution >= 4 is 23.1 Å². The van der Waals surface area contributed by atoms with Crippen LogP contribution in [-0.2, 0) is 0 Å². The lowest BCUT2D eigenvalue weighted by molar-refractivity contribution is 0.102. The van der Waals surface area contributed by atoms with Gasteiger partial charge in [0.1, 0.15) is 35.2 Å². The maximum atomic E-state index is 13.7. The van der Waals surface area contributed by atoms with Crippen LogP contribution in [0.2, 0.25) is 0 Å². The van der Waals surface area contributed by atoms with Gasteiger partial charge in [0.2, 0.25) is 0 Å². The van der Waals surface area contributed by atoms with Crippen molar-refractivity contribution in [2.75, 3.05) is 17.7 Å². The fraction of sp³-hybridized carbons (Fsp3) is 0.0556. The van der Waals surface area contributed by atoms with Gasteiger partial charge in [-0.05, 0) is 24.3 Å². The molecule has 0 saturated carbocycles. The summed E-state index contributed by atoms with van der Waals surface area (Å²) in [4.78, 5) is 20.2. The zero-order valence-corrected chi connectivity index (χ0v) is 13.7. The second-order valence-electron chi connectivity index (χ2n) is 5.19. The minimum Gasteiger partial charge on any atom is -0.495 e. The number of halogens is 2. The molecule has 1 amide bonds. The number of hydrogen-bond donors (Lipinski definition) is 2. The van der Waals surface area contributed by atoms with E-state index in [1.165, 1.54) is 19.5 Å². The lowest BCUT2D eigenvalue weighted by atomic mass is 10.2. The molecule has 0 unspecified atom stereocenters. The molecule has 0 saturated heterocycles. The second-order valence-corrected chi connectivity index (χ2v) is 5.19. The van der Waals surface area contributed by atoms with Crippen molar-refractivity contribution in [2.45, 2.75) is 0 Å². The third-order valence-corrected chi connectivity index (χ3v) is 3.45. The van der Waals surface area contributed by atoms with Crippen molar-refractivity contribution < 1.29 is 18.3 Å². The molecule has 2 aromatic carbocycles. The summed E-state index contributed by atoms with van der Waals surface area (Å²) in [5.74, 6) is -1.30. The van der Waals surface area contributed by atoms with E-state index in [1.54, 1.807) is 12.1 Å². The van der Waals surface area contributed by atoms with E-state index >= 15 is 0 Å². The summed E-state index contributed by atoms with van der Waals surface area (Å²) in [6.07, 6.45) is 1.20. The van der Waals surface area contributed by atoms with Gasteiger partial charge in [0.05, 0.1) is 18.5 Å². The standard InChI is InChI=1S/C18H14F2N4O2/c1-26-16-5-3-2-4-14(16)23-17-9-15(21-10-22-17)18(25)24-13-7-6-11(19)8-12(13)20/h2-10H,1H3,(H,24,25)(H,21,22,23). The number of nitrogens with one attached hydrogen (secondary N) is 2. The van der Waals surface area contributed by atoms with E-state index in [4.69, 9.17) is 4.74 Å². The van der Waals surface area contributed by atoms with Crippen molar-refractivity contribution in [1.82, 2.24) is 9.97 Å². The van der Waals surface area contributed by atoms with Crippen LogP contribution >= 0.6 is 0 Å². The van der Waals surface area contributed by atoms with E-state index in [0.29, 0.717) is 23.3 Å². The first-order valence-electron chi connectivity index (χ1n) is 7.55. The lowest BCUT2D eigenvalue weighted by Crippen LogP contribution is -2.15. The fourth-order valence-electron chi connectivity index (χ4n) is 2.21. The highest BCUT2D eigenvalue weighted by molar-refractivity contribution is 6.03. The van der Waals surface area contributed by atoms with Gasteiger partial charge in [-0.2, -0.15) is 0 Å². The molecule has 132 valence electrons. The average Bonchev–Trinajstić information content (AvgIpc) is 2.64. The maximum Gasteiger partial charge on any atom is 0.274 e. The van der Waals surface area contributed by atoms with Crippen LogP contribution in [0, 0.1) is 11.6 Å². The Morgan fingerprint density at radius 2 is 1.85 bits per heavy atom. The second kappa shape index (κ2) is 7.56. The fourth-order valence-corrected chi connectivity index (χ4v) is 2.21. The highest BCUT2D eigenvalue weighted by Gasteiger charge is 2.13. The minimum absolute atomic E-state index is 0.0149. The summed E-state index contributed by atoms with van der Waals surface area (Å²) in [5, 5.41) is 5.37. The van der Waals surface area contributed by atoms with Gasteiger partial charge in [-0.1, -0.05) is 12.1 Å². The monoisotopic (exact) mass is 356 g/mol. The van der Waals surface area contributed by atoms with Gasteiger partial charge in [-0.15, -0.1) is 0 Å². The third kappa shape index (κ3) is 3.92. The van der Waals surface area contributed by atoms with Crippen molar-refractivity contribution in [3.05, 3.63) is 72.2 Å². The van der Waals surface area contributed by atoms with Crippen LogP contribution in [0.4, 0.5) is 26.0 Å². The number of carbonyl (C=O) groups is 1. The predicted molar refractivity (Wildman–Crippen MR) is 92.6 cm³/mol. The molecule has 0 atom stereocenters. The topological polar surface area (TPSA) is 76.1 Å². The number of hydrogen-bond acceptors (Lipinski definition) is 5. The number of rotatable bonds is 5. The molecular formula is C18H14F2N4O2. The first-order chi connectivity index (χ1) is 12.6. The number of anilines is 3. The summed E-state index contributed by atoms with van der Waals surface area (Å²) in [7, 11) is 1.54. The minimum atomic E-state index is -0.875. The number of carbonyl (C=O) groups excluding carboxylic acids is 1. The molecule has 0 fully saturated rings. The number of amides is 1. The smallest absolute Gasteiger partial charge is 0.274 e. The molecule has 8 heteroatoms. The zero-order valence-electron chi connectivity index (χ0n) is 13.7. The van der Waals surface area contributed by atoms with Gasteiger partial charge in [0.25, 0.3) is 5.91 Å². The van der Waals surface area contributed by atoms with E-state index < -0.39 is 17.5 Å². The molecular weight excluding hydrogens is 342 g/mol. The van der Waals surface area contributed by atoms with Gasteiger partial charge < -0.3 is 15.4 Å². The first kappa shape index (κ1) is 17.3. The van der Waals surface area contributed by atoms with Crippen molar-refractivity contribution in [3.8, 4) is 5.75 Å². The molecule has 2 N–H and O–H groups in total. The zero-order chi connectivity index (χ0) is 18.5. The van der Waals surface area contributed by atoms with Crippen LogP contribution in [0.25, 0.3) is 0 Å². The molecule has 0 bridgehead atoms. The van der Waals surface area contributed by atoms with Crippen LogP contribution in [0.3, 0.4) is 0 Å². The molecule has 0 aliphatic heterocycles. The highest BCUT2D eigenvalue weighted by Crippen LogP contribution is 2.26. The Labute approximate surface area is 147 Å². The van der Waals surface area contributed by atoms with Crippen LogP contribution in [0.5, 0.6) is 5.75 Å². The van der Waals surface area contributed by atoms with Crippen molar-refractivity contribution in [2.24, 2.45) is 0 Å². The average molecular weight is 356 g/mol. The largest absolute Gasteiger partial charge is 0.495 e. The molecule has 0 aliphatic rings. The molecule has 1 heterocycles. The molecule has 0 radical (unpaired) electrons. The Balaban J connectivity index is 1.79. The number of benzene rings is 2.